The summed E-state index contributed by atoms with van der Waals surface area (Å²) in [7, 11) is 0. The lowest BCUT2D eigenvalue weighted by Crippen LogP contribution is -2.47. The van der Waals surface area contributed by atoms with E-state index in [2.05, 4.69) is 10.6 Å². The Bertz CT molecular complexity index is 1630. The van der Waals surface area contributed by atoms with Crippen molar-refractivity contribution >= 4 is 34.8 Å². The number of nitro benzene ring substituents is 1. The fourth-order valence-electron chi connectivity index (χ4n) is 5.34. The van der Waals surface area contributed by atoms with Gasteiger partial charge < -0.3 is 9.47 Å². The first-order valence-electron chi connectivity index (χ1n) is 12.7. The summed E-state index contributed by atoms with van der Waals surface area (Å²) in [5, 5.41) is 11.4. The Morgan fingerprint density at radius 1 is 1.00 bits per heavy atom. The van der Waals surface area contributed by atoms with Crippen molar-refractivity contribution in [1.29, 1.82) is 0 Å². The van der Waals surface area contributed by atoms with Crippen molar-refractivity contribution < 1.29 is 14.5 Å². The molecule has 8 nitrogen and oxygen atoms in total. The molecule has 1 saturated carbocycles. The Balaban J connectivity index is 1.40. The molecule has 1 aliphatic heterocycles. The lowest BCUT2D eigenvalue weighted by atomic mass is 9.96. The maximum absolute atomic E-state index is 14.3. The van der Waals surface area contributed by atoms with Crippen LogP contribution in [0.15, 0.2) is 85.1 Å². The molecule has 4 aromatic rings. The van der Waals surface area contributed by atoms with E-state index in [1.54, 1.807) is 9.80 Å². The molecule has 0 radical (unpaired) electrons. The largest absolute Gasteiger partial charge is 0.326 e. The summed E-state index contributed by atoms with van der Waals surface area (Å²) in [4.78, 5) is 42.0. The van der Waals surface area contributed by atoms with E-state index in [4.69, 9.17) is 11.6 Å². The number of nitrogens with zero attached hydrogens (tertiary/aromatic N) is 4. The summed E-state index contributed by atoms with van der Waals surface area (Å²) in [5.41, 5.74) is 4.43. The van der Waals surface area contributed by atoms with Gasteiger partial charge in [-0.2, -0.15) is 0 Å². The van der Waals surface area contributed by atoms with Crippen molar-refractivity contribution in [3.05, 3.63) is 123 Å². The van der Waals surface area contributed by atoms with Gasteiger partial charge in [0.2, 0.25) is 5.91 Å². The van der Waals surface area contributed by atoms with Crippen LogP contribution < -0.4 is 4.90 Å². The van der Waals surface area contributed by atoms with Gasteiger partial charge in [0.25, 0.3) is 11.6 Å². The Kier molecular flexibility index (Phi) is 6.19. The Morgan fingerprint density at radius 3 is 2.49 bits per heavy atom. The summed E-state index contributed by atoms with van der Waals surface area (Å²) >= 11 is 5.97. The first-order valence-corrected chi connectivity index (χ1v) is 13.1. The van der Waals surface area contributed by atoms with E-state index in [9.17, 15) is 19.7 Å². The van der Waals surface area contributed by atoms with Crippen LogP contribution in [-0.2, 0) is 4.79 Å². The van der Waals surface area contributed by atoms with Crippen LogP contribution in [-0.4, -0.2) is 38.8 Å². The Labute approximate surface area is 230 Å². The first-order chi connectivity index (χ1) is 18.8. The number of hydrogen-bond acceptors (Lipinski definition) is 4. The third kappa shape index (κ3) is 4.46. The zero-order chi connectivity index (χ0) is 27.3. The van der Waals surface area contributed by atoms with Crippen molar-refractivity contribution in [2.75, 3.05) is 11.4 Å². The van der Waals surface area contributed by atoms with Crippen LogP contribution in [0.4, 0.5) is 11.4 Å². The summed E-state index contributed by atoms with van der Waals surface area (Å²) in [5.74, 6) is -0.656. The number of fused-ring (bicyclic) bond motifs is 3. The van der Waals surface area contributed by atoms with Gasteiger partial charge in [-0.15, -0.1) is 0 Å². The molecule has 1 aliphatic carbocycles. The predicted molar refractivity (Wildman–Crippen MR) is 148 cm³/mol. The number of benzene rings is 3. The molecule has 1 atom stereocenters. The van der Waals surface area contributed by atoms with Crippen molar-refractivity contribution in [2.45, 2.75) is 31.8 Å². The van der Waals surface area contributed by atoms with Crippen LogP contribution in [0.1, 0.15) is 46.1 Å². The fourth-order valence-corrected chi connectivity index (χ4v) is 5.53. The van der Waals surface area contributed by atoms with Gasteiger partial charge >= 0.3 is 0 Å². The number of carbonyl (C=O) groups excluding carboxylic acids is 2. The number of para-hydroxylation sites is 2. The maximum atomic E-state index is 14.3. The van der Waals surface area contributed by atoms with Gasteiger partial charge in [0, 0.05) is 23.9 Å². The molecule has 1 unspecified atom stereocenters. The molecule has 1 fully saturated rings. The smallest absolute Gasteiger partial charge is 0.288 e. The molecular formula is C30H25ClN4O4. The maximum Gasteiger partial charge on any atom is 0.288 e. The standard InChI is InChI=1S/C30H25ClN4O4/c1-19-6-4-7-20(16-19)29-26-10-5-15-32(26)24-8-2-3-9-25(24)34(29)28(36)18-33(22-12-13-22)30(37)21-11-14-23(31)27(17-21)35(38)39/h2-11,14-17,22,29H,12-13,18H2,1H3. The molecule has 3 aromatic carbocycles. The van der Waals surface area contributed by atoms with E-state index in [0.29, 0.717) is 0 Å². The summed E-state index contributed by atoms with van der Waals surface area (Å²) in [6.45, 7) is 1.86. The van der Waals surface area contributed by atoms with Crippen LogP contribution >= 0.6 is 11.6 Å². The Morgan fingerprint density at radius 2 is 1.77 bits per heavy atom. The van der Waals surface area contributed by atoms with Crippen molar-refractivity contribution in [3.63, 3.8) is 0 Å². The zero-order valence-electron chi connectivity index (χ0n) is 21.2. The monoisotopic (exact) mass is 540 g/mol. The van der Waals surface area contributed by atoms with Crippen LogP contribution in [0.25, 0.3) is 5.69 Å². The minimum Gasteiger partial charge on any atom is -0.326 e. The molecule has 0 N–H and O–H groups in total. The molecular weight excluding hydrogens is 516 g/mol. The molecule has 2 heterocycles. The average Bonchev–Trinajstić information content (AvgIpc) is 3.65. The molecule has 0 bridgehead atoms. The number of aromatic nitrogens is 1. The quantitative estimate of drug-likeness (QED) is 0.219. The van der Waals surface area contributed by atoms with Crippen molar-refractivity contribution in [3.8, 4) is 5.69 Å². The highest BCUT2D eigenvalue weighted by molar-refractivity contribution is 6.32. The summed E-state index contributed by atoms with van der Waals surface area (Å²) < 4.78 is 2.10. The predicted octanol–water partition coefficient (Wildman–Crippen LogP) is 6.09. The van der Waals surface area contributed by atoms with E-state index < -0.39 is 16.9 Å². The molecule has 9 heteroatoms. The van der Waals surface area contributed by atoms with E-state index in [1.165, 1.54) is 18.2 Å². The minimum atomic E-state index is -0.613. The number of rotatable bonds is 6. The number of amides is 2. The molecule has 0 saturated heterocycles. The number of nitro groups is 1. The van der Waals surface area contributed by atoms with E-state index >= 15 is 0 Å². The second-order valence-electron chi connectivity index (χ2n) is 9.96. The van der Waals surface area contributed by atoms with Crippen molar-refractivity contribution in [2.24, 2.45) is 0 Å². The van der Waals surface area contributed by atoms with Gasteiger partial charge in [0.1, 0.15) is 17.6 Å². The molecule has 2 aliphatic rings. The third-order valence-electron chi connectivity index (χ3n) is 7.29. The summed E-state index contributed by atoms with van der Waals surface area (Å²) in [6.07, 6.45) is 3.54. The second kappa shape index (κ2) is 9.71. The van der Waals surface area contributed by atoms with Crippen molar-refractivity contribution in [1.82, 2.24) is 9.47 Å². The minimum absolute atomic E-state index is 0.0421. The van der Waals surface area contributed by atoms with Gasteiger partial charge in [-0.3, -0.25) is 24.6 Å². The molecule has 6 rings (SSSR count). The van der Waals surface area contributed by atoms with Crippen LogP contribution in [0.5, 0.6) is 0 Å². The fraction of sp³-hybridized carbons (Fsp3) is 0.200. The first kappa shape index (κ1) is 24.9. The normalized spacial score (nSPS) is 15.8. The number of carbonyl (C=O) groups is 2. The summed E-state index contributed by atoms with van der Waals surface area (Å²) in [6, 6.07) is 23.3. The van der Waals surface area contributed by atoms with E-state index in [-0.39, 0.29) is 34.8 Å². The van der Waals surface area contributed by atoms with Gasteiger partial charge in [-0.1, -0.05) is 53.6 Å². The topological polar surface area (TPSA) is 88.7 Å². The van der Waals surface area contributed by atoms with Crippen LogP contribution in [0, 0.1) is 17.0 Å². The molecule has 0 spiro atoms. The number of aryl methyl sites for hydroxylation is 1. The molecule has 1 aromatic heterocycles. The van der Waals surface area contributed by atoms with E-state index in [0.717, 1.165) is 41.0 Å². The SMILES string of the molecule is Cc1cccc(C2c3cccn3-c3ccccc3N2C(=O)CN(C(=O)c2ccc(Cl)c([N+](=O)[O-])c2)C2CC2)c1. The lowest BCUT2D eigenvalue weighted by Gasteiger charge is -2.39. The van der Waals surface area contributed by atoms with Gasteiger partial charge in [0.15, 0.2) is 0 Å². The number of hydrogen-bond donors (Lipinski definition) is 0. The Hall–Kier alpha value is -4.43. The van der Waals surface area contributed by atoms with Crippen LogP contribution in [0.2, 0.25) is 5.02 Å². The lowest BCUT2D eigenvalue weighted by molar-refractivity contribution is -0.384. The zero-order valence-corrected chi connectivity index (χ0v) is 21.9. The molecule has 196 valence electrons. The highest BCUT2D eigenvalue weighted by Crippen LogP contribution is 2.43. The third-order valence-corrected chi connectivity index (χ3v) is 7.61. The average molecular weight is 541 g/mol. The highest BCUT2D eigenvalue weighted by Gasteiger charge is 2.40. The highest BCUT2D eigenvalue weighted by atomic mass is 35.5. The van der Waals surface area contributed by atoms with Crippen LogP contribution in [0.3, 0.4) is 0 Å². The number of anilines is 1. The second-order valence-corrected chi connectivity index (χ2v) is 10.4. The van der Waals surface area contributed by atoms with Gasteiger partial charge in [0.05, 0.1) is 22.0 Å². The number of halogens is 1. The van der Waals surface area contributed by atoms with Gasteiger partial charge in [-0.05, 0) is 61.7 Å². The molecule has 2 amide bonds. The van der Waals surface area contributed by atoms with Gasteiger partial charge in [-0.25, -0.2) is 0 Å². The molecule has 39 heavy (non-hydrogen) atoms. The van der Waals surface area contributed by atoms with E-state index in [1.807, 2.05) is 67.7 Å².